The van der Waals surface area contributed by atoms with Gasteiger partial charge in [0.25, 0.3) is 0 Å². The number of benzene rings is 1. The van der Waals surface area contributed by atoms with E-state index >= 15 is 0 Å². The van der Waals surface area contributed by atoms with Crippen LogP contribution < -0.4 is 5.32 Å². The van der Waals surface area contributed by atoms with E-state index in [-0.39, 0.29) is 0 Å². The molecule has 3 unspecified atom stereocenters. The third-order valence-corrected chi connectivity index (χ3v) is 6.56. The van der Waals surface area contributed by atoms with E-state index in [9.17, 15) is 0 Å². The summed E-state index contributed by atoms with van der Waals surface area (Å²) in [7, 11) is 4.25. The van der Waals surface area contributed by atoms with Crippen molar-refractivity contribution in [2.45, 2.75) is 52.6 Å². The quantitative estimate of drug-likeness (QED) is 0.884. The number of hydrogen-bond donors (Lipinski definition) is 1. The third-order valence-electron chi connectivity index (χ3n) is 6.56. The Kier molecular flexibility index (Phi) is 3.56. The normalized spacial score (nSPS) is 33.6. The summed E-state index contributed by atoms with van der Waals surface area (Å²) < 4.78 is 0. The molecule has 0 aromatic heterocycles. The maximum absolute atomic E-state index is 3.86. The van der Waals surface area contributed by atoms with Crippen LogP contribution in [0.4, 0.5) is 5.69 Å². The second-order valence-corrected chi connectivity index (χ2v) is 8.25. The number of anilines is 1. The van der Waals surface area contributed by atoms with Crippen LogP contribution >= 0.6 is 0 Å². The van der Waals surface area contributed by atoms with Gasteiger partial charge >= 0.3 is 0 Å². The van der Waals surface area contributed by atoms with Gasteiger partial charge in [0.15, 0.2) is 0 Å². The van der Waals surface area contributed by atoms with Gasteiger partial charge in [-0.3, -0.25) is 0 Å². The molecule has 0 heterocycles. The minimum absolute atomic E-state index is 0.440. The van der Waals surface area contributed by atoms with Crippen molar-refractivity contribution in [3.63, 3.8) is 0 Å². The summed E-state index contributed by atoms with van der Waals surface area (Å²) in [5, 5.41) is 3.86. The lowest BCUT2D eigenvalue weighted by atomic mass is 9.69. The van der Waals surface area contributed by atoms with E-state index in [1.54, 1.807) is 0 Å². The first-order valence-electron chi connectivity index (χ1n) is 8.33. The Morgan fingerprint density at radius 2 is 2.00 bits per heavy atom. The van der Waals surface area contributed by atoms with Crippen LogP contribution in [-0.2, 0) is 6.54 Å². The Morgan fingerprint density at radius 1 is 1.24 bits per heavy atom. The number of nitrogens with one attached hydrogen (secondary N) is 1. The van der Waals surface area contributed by atoms with Crippen LogP contribution in [0.1, 0.15) is 45.6 Å². The van der Waals surface area contributed by atoms with E-state index < -0.39 is 0 Å². The molecule has 2 fully saturated rings. The van der Waals surface area contributed by atoms with Crippen molar-refractivity contribution in [1.82, 2.24) is 4.90 Å². The maximum atomic E-state index is 3.86. The van der Waals surface area contributed by atoms with E-state index in [1.807, 2.05) is 0 Å². The van der Waals surface area contributed by atoms with E-state index in [0.717, 1.165) is 12.5 Å². The van der Waals surface area contributed by atoms with Crippen LogP contribution in [0.15, 0.2) is 24.3 Å². The standard InChI is InChI=1S/C19H30N2/c1-18(2)15-9-10-19(18,3)17(12-15)20-16-8-6-7-14(11-16)13-21(4)5/h6-8,11,15,17,20H,9-10,12-13H2,1-5H3. The minimum atomic E-state index is 0.440. The van der Waals surface area contributed by atoms with Crippen molar-refractivity contribution < 1.29 is 0 Å². The highest BCUT2D eigenvalue weighted by molar-refractivity contribution is 5.47. The Hall–Kier alpha value is -1.02. The SMILES string of the molecule is CN(C)Cc1cccc(NC2CC3CCC2(C)C3(C)C)c1. The Balaban J connectivity index is 1.76. The molecule has 21 heavy (non-hydrogen) atoms. The molecule has 0 amide bonds. The second kappa shape index (κ2) is 5.01. The molecule has 2 bridgehead atoms. The lowest BCUT2D eigenvalue weighted by Gasteiger charge is -2.40. The molecule has 0 aliphatic heterocycles. The predicted octanol–water partition coefficient (Wildman–Crippen LogP) is 4.37. The molecule has 116 valence electrons. The molecule has 2 heteroatoms. The molecule has 2 nitrogen and oxygen atoms in total. The molecule has 2 aliphatic rings. The Bertz CT molecular complexity index is 520. The predicted molar refractivity (Wildman–Crippen MR) is 90.5 cm³/mol. The topological polar surface area (TPSA) is 15.3 Å². The van der Waals surface area contributed by atoms with Gasteiger partial charge in [0.1, 0.15) is 0 Å². The number of fused-ring (bicyclic) bond motifs is 2. The molecule has 3 atom stereocenters. The average molecular weight is 286 g/mol. The minimum Gasteiger partial charge on any atom is -0.382 e. The highest BCUT2D eigenvalue weighted by Gasteiger charge is 2.61. The lowest BCUT2D eigenvalue weighted by Crippen LogP contribution is -2.40. The van der Waals surface area contributed by atoms with Gasteiger partial charge in [-0.05, 0) is 67.8 Å². The maximum Gasteiger partial charge on any atom is 0.0345 e. The van der Waals surface area contributed by atoms with Gasteiger partial charge in [0.2, 0.25) is 0 Å². The fraction of sp³-hybridized carbons (Fsp3) is 0.684. The van der Waals surface area contributed by atoms with Crippen molar-refractivity contribution in [3.8, 4) is 0 Å². The fourth-order valence-corrected chi connectivity index (χ4v) is 4.75. The first-order valence-corrected chi connectivity index (χ1v) is 8.33. The van der Waals surface area contributed by atoms with Crippen molar-refractivity contribution in [2.24, 2.45) is 16.7 Å². The molecule has 1 N–H and O–H groups in total. The molecule has 2 saturated carbocycles. The summed E-state index contributed by atoms with van der Waals surface area (Å²) in [6.07, 6.45) is 4.13. The average Bonchev–Trinajstić information content (AvgIpc) is 2.71. The van der Waals surface area contributed by atoms with Gasteiger partial charge in [-0.1, -0.05) is 32.9 Å². The summed E-state index contributed by atoms with van der Waals surface area (Å²) in [6, 6.07) is 9.57. The zero-order chi connectivity index (χ0) is 15.3. The summed E-state index contributed by atoms with van der Waals surface area (Å²) >= 11 is 0. The summed E-state index contributed by atoms with van der Waals surface area (Å²) in [5.74, 6) is 0.893. The van der Waals surface area contributed by atoms with Gasteiger partial charge in [-0.25, -0.2) is 0 Å². The third kappa shape index (κ3) is 2.38. The van der Waals surface area contributed by atoms with Crippen LogP contribution in [0.3, 0.4) is 0 Å². The first kappa shape index (κ1) is 14.9. The van der Waals surface area contributed by atoms with Crippen molar-refractivity contribution in [2.75, 3.05) is 19.4 Å². The molecular weight excluding hydrogens is 256 g/mol. The van der Waals surface area contributed by atoms with Crippen LogP contribution in [0.25, 0.3) is 0 Å². The highest BCUT2D eigenvalue weighted by Crippen LogP contribution is 2.65. The highest BCUT2D eigenvalue weighted by atomic mass is 15.0. The Morgan fingerprint density at radius 3 is 2.57 bits per heavy atom. The second-order valence-electron chi connectivity index (χ2n) is 8.25. The molecule has 3 rings (SSSR count). The van der Waals surface area contributed by atoms with Crippen molar-refractivity contribution in [3.05, 3.63) is 29.8 Å². The molecule has 1 aromatic carbocycles. The van der Waals surface area contributed by atoms with E-state index in [1.165, 1.54) is 30.5 Å². The number of hydrogen-bond acceptors (Lipinski definition) is 2. The van der Waals surface area contributed by atoms with E-state index in [4.69, 9.17) is 0 Å². The molecule has 2 aliphatic carbocycles. The molecule has 0 saturated heterocycles. The smallest absolute Gasteiger partial charge is 0.0345 e. The number of nitrogens with zero attached hydrogens (tertiary/aromatic N) is 1. The van der Waals surface area contributed by atoms with E-state index in [2.05, 4.69) is 69.3 Å². The van der Waals surface area contributed by atoms with Crippen LogP contribution in [0.5, 0.6) is 0 Å². The van der Waals surface area contributed by atoms with Crippen LogP contribution in [-0.4, -0.2) is 25.0 Å². The van der Waals surface area contributed by atoms with Crippen molar-refractivity contribution >= 4 is 5.69 Å². The van der Waals surface area contributed by atoms with Gasteiger partial charge in [0, 0.05) is 18.3 Å². The lowest BCUT2D eigenvalue weighted by molar-refractivity contribution is 0.142. The van der Waals surface area contributed by atoms with Crippen LogP contribution in [0.2, 0.25) is 0 Å². The Labute approximate surface area is 129 Å². The number of rotatable bonds is 4. The summed E-state index contributed by atoms with van der Waals surface area (Å²) in [4.78, 5) is 2.22. The zero-order valence-corrected chi connectivity index (χ0v) is 14.2. The first-order chi connectivity index (χ1) is 9.83. The largest absolute Gasteiger partial charge is 0.382 e. The van der Waals surface area contributed by atoms with Crippen molar-refractivity contribution in [1.29, 1.82) is 0 Å². The molecule has 1 aromatic rings. The summed E-state index contributed by atoms with van der Waals surface area (Å²) in [5.41, 5.74) is 3.60. The summed E-state index contributed by atoms with van der Waals surface area (Å²) in [6.45, 7) is 8.47. The monoisotopic (exact) mass is 286 g/mol. The van der Waals surface area contributed by atoms with Gasteiger partial charge in [-0.2, -0.15) is 0 Å². The van der Waals surface area contributed by atoms with Gasteiger partial charge < -0.3 is 10.2 Å². The van der Waals surface area contributed by atoms with Crippen LogP contribution in [0, 0.1) is 16.7 Å². The molecule has 0 spiro atoms. The van der Waals surface area contributed by atoms with Gasteiger partial charge in [0.05, 0.1) is 0 Å². The molecular formula is C19H30N2. The van der Waals surface area contributed by atoms with E-state index in [0.29, 0.717) is 16.9 Å². The van der Waals surface area contributed by atoms with Gasteiger partial charge in [-0.15, -0.1) is 0 Å². The molecule has 0 radical (unpaired) electrons. The fourth-order valence-electron chi connectivity index (χ4n) is 4.75. The zero-order valence-electron chi connectivity index (χ0n) is 14.2.